The Labute approximate surface area is 137 Å². The van der Waals surface area contributed by atoms with Crippen LogP contribution in [0.1, 0.15) is 50.3 Å². The zero-order valence-electron chi connectivity index (χ0n) is 14.1. The highest BCUT2D eigenvalue weighted by Crippen LogP contribution is 2.14. The Bertz CT molecular complexity index is 588. The van der Waals surface area contributed by atoms with E-state index in [0.717, 1.165) is 49.1 Å². The van der Waals surface area contributed by atoms with E-state index in [9.17, 15) is 0 Å². The van der Waals surface area contributed by atoms with Gasteiger partial charge in [-0.3, -0.25) is 0 Å². The third-order valence-corrected chi connectivity index (χ3v) is 3.35. The quantitative estimate of drug-likeness (QED) is 0.578. The van der Waals surface area contributed by atoms with Crippen LogP contribution in [-0.2, 0) is 13.0 Å². The van der Waals surface area contributed by atoms with Gasteiger partial charge >= 0.3 is 0 Å². The van der Waals surface area contributed by atoms with Gasteiger partial charge in [-0.15, -0.1) is 0 Å². The fourth-order valence-corrected chi connectivity index (χ4v) is 2.01. The molecule has 6 heteroatoms. The molecule has 0 aliphatic rings. The lowest BCUT2D eigenvalue weighted by Crippen LogP contribution is -2.38. The van der Waals surface area contributed by atoms with Crippen LogP contribution in [0, 0.1) is 0 Å². The van der Waals surface area contributed by atoms with Gasteiger partial charge in [-0.25, -0.2) is 4.99 Å². The van der Waals surface area contributed by atoms with Crippen molar-refractivity contribution in [3.05, 3.63) is 41.7 Å². The van der Waals surface area contributed by atoms with Crippen molar-refractivity contribution < 1.29 is 8.94 Å². The number of aliphatic imine (C=N–C) groups is 1. The topological polar surface area (TPSA) is 75.6 Å². The van der Waals surface area contributed by atoms with Crippen molar-refractivity contribution in [2.24, 2.45) is 4.99 Å². The lowest BCUT2D eigenvalue weighted by Gasteiger charge is -2.11. The number of hydrogen-bond acceptors (Lipinski definition) is 4. The van der Waals surface area contributed by atoms with Gasteiger partial charge in [0.2, 0.25) is 0 Å². The van der Waals surface area contributed by atoms with Crippen LogP contribution >= 0.6 is 0 Å². The predicted octanol–water partition coefficient (Wildman–Crippen LogP) is 3.08. The molecule has 2 N–H and O–H groups in total. The lowest BCUT2D eigenvalue weighted by molar-refractivity contribution is 0.376. The first-order valence-corrected chi connectivity index (χ1v) is 8.19. The molecule has 0 unspecified atom stereocenters. The van der Waals surface area contributed by atoms with Crippen molar-refractivity contribution in [3.8, 4) is 0 Å². The summed E-state index contributed by atoms with van der Waals surface area (Å²) in [6, 6.07) is 5.84. The van der Waals surface area contributed by atoms with Crippen molar-refractivity contribution >= 4 is 5.96 Å². The summed E-state index contributed by atoms with van der Waals surface area (Å²) >= 11 is 0. The van der Waals surface area contributed by atoms with Crippen LogP contribution in [0.25, 0.3) is 0 Å². The number of guanidine groups is 1. The van der Waals surface area contributed by atoms with Gasteiger partial charge in [-0.1, -0.05) is 25.9 Å². The van der Waals surface area contributed by atoms with Gasteiger partial charge in [0.15, 0.2) is 11.7 Å². The van der Waals surface area contributed by atoms with Crippen molar-refractivity contribution in [1.82, 2.24) is 15.8 Å². The molecule has 2 aromatic rings. The summed E-state index contributed by atoms with van der Waals surface area (Å²) in [6.07, 6.45) is 3.55. The molecule has 2 aromatic heterocycles. The molecular weight excluding hydrogens is 292 g/mol. The molecule has 0 atom stereocenters. The second-order valence-electron chi connectivity index (χ2n) is 5.72. The summed E-state index contributed by atoms with van der Waals surface area (Å²) in [5.41, 5.74) is 0.962. The smallest absolute Gasteiger partial charge is 0.191 e. The fraction of sp³-hybridized carbons (Fsp3) is 0.529. The minimum absolute atomic E-state index is 0.362. The highest BCUT2D eigenvalue weighted by molar-refractivity contribution is 5.79. The maximum atomic E-state index is 5.33. The summed E-state index contributed by atoms with van der Waals surface area (Å²) in [5, 5.41) is 10.7. The van der Waals surface area contributed by atoms with E-state index in [1.807, 2.05) is 18.2 Å². The standard InChI is InChI=1S/C17H26N4O2/c1-4-8-18-17(19-9-7-14-6-5-10-22-14)20-12-15-11-16(13(2)3)21-23-15/h5-6,10-11,13H,4,7-9,12H2,1-3H3,(H2,18,19,20). The SMILES string of the molecule is CCCNC(=NCc1cc(C(C)C)no1)NCCc1ccco1. The summed E-state index contributed by atoms with van der Waals surface area (Å²) in [4.78, 5) is 4.55. The molecule has 2 heterocycles. The Morgan fingerprint density at radius 1 is 1.26 bits per heavy atom. The van der Waals surface area contributed by atoms with Gasteiger partial charge in [-0.2, -0.15) is 0 Å². The summed E-state index contributed by atoms with van der Waals surface area (Å²) < 4.78 is 10.6. The zero-order valence-corrected chi connectivity index (χ0v) is 14.1. The van der Waals surface area contributed by atoms with Gasteiger partial charge < -0.3 is 19.6 Å². The van der Waals surface area contributed by atoms with Crippen LogP contribution in [0.5, 0.6) is 0 Å². The molecule has 6 nitrogen and oxygen atoms in total. The molecule has 23 heavy (non-hydrogen) atoms. The van der Waals surface area contributed by atoms with Gasteiger partial charge in [0.1, 0.15) is 12.3 Å². The number of rotatable bonds is 8. The Hall–Kier alpha value is -2.24. The van der Waals surface area contributed by atoms with Crippen LogP contribution in [0.15, 0.2) is 38.4 Å². The van der Waals surface area contributed by atoms with Gasteiger partial charge in [0, 0.05) is 25.6 Å². The maximum absolute atomic E-state index is 5.33. The molecule has 0 bridgehead atoms. The average Bonchev–Trinajstić information content (AvgIpc) is 3.20. The van der Waals surface area contributed by atoms with Crippen LogP contribution in [0.3, 0.4) is 0 Å². The van der Waals surface area contributed by atoms with E-state index in [0.29, 0.717) is 12.5 Å². The van der Waals surface area contributed by atoms with Crippen LogP contribution in [0.2, 0.25) is 0 Å². The summed E-state index contributed by atoms with van der Waals surface area (Å²) in [7, 11) is 0. The molecule has 0 aliphatic heterocycles. The Morgan fingerprint density at radius 3 is 2.74 bits per heavy atom. The second kappa shape index (κ2) is 9.02. The number of nitrogens with one attached hydrogen (secondary N) is 2. The third kappa shape index (κ3) is 5.81. The van der Waals surface area contributed by atoms with Gasteiger partial charge in [0.25, 0.3) is 0 Å². The largest absolute Gasteiger partial charge is 0.469 e. The molecule has 0 saturated heterocycles. The van der Waals surface area contributed by atoms with Crippen molar-refractivity contribution in [2.45, 2.75) is 46.1 Å². The molecule has 0 fully saturated rings. The molecule has 0 amide bonds. The molecule has 126 valence electrons. The molecule has 0 saturated carbocycles. The lowest BCUT2D eigenvalue weighted by atomic mass is 10.1. The van der Waals surface area contributed by atoms with Crippen molar-refractivity contribution in [2.75, 3.05) is 13.1 Å². The third-order valence-electron chi connectivity index (χ3n) is 3.35. The second-order valence-corrected chi connectivity index (χ2v) is 5.72. The van der Waals surface area contributed by atoms with Crippen LogP contribution in [0.4, 0.5) is 0 Å². The molecule has 0 spiro atoms. The first kappa shape index (κ1) is 17.1. The van der Waals surface area contributed by atoms with E-state index in [2.05, 4.69) is 41.6 Å². The molecular formula is C17H26N4O2. The minimum Gasteiger partial charge on any atom is -0.469 e. The van der Waals surface area contributed by atoms with Crippen LogP contribution < -0.4 is 10.6 Å². The Kier molecular flexibility index (Phi) is 6.72. The monoisotopic (exact) mass is 318 g/mol. The summed E-state index contributed by atoms with van der Waals surface area (Å²) in [5.74, 6) is 2.88. The number of furan rings is 1. The first-order chi connectivity index (χ1) is 11.2. The number of hydrogen-bond donors (Lipinski definition) is 2. The highest BCUT2D eigenvalue weighted by atomic mass is 16.5. The zero-order chi connectivity index (χ0) is 16.5. The van der Waals surface area contributed by atoms with E-state index in [4.69, 9.17) is 8.94 Å². The number of aromatic nitrogens is 1. The van der Waals surface area contributed by atoms with Crippen molar-refractivity contribution in [1.29, 1.82) is 0 Å². The molecule has 0 aliphatic carbocycles. The first-order valence-electron chi connectivity index (χ1n) is 8.19. The highest BCUT2D eigenvalue weighted by Gasteiger charge is 2.07. The number of nitrogens with zero attached hydrogens (tertiary/aromatic N) is 2. The van der Waals surface area contributed by atoms with E-state index < -0.39 is 0 Å². The van der Waals surface area contributed by atoms with E-state index in [1.165, 1.54) is 0 Å². The maximum Gasteiger partial charge on any atom is 0.191 e. The average molecular weight is 318 g/mol. The fourth-order valence-electron chi connectivity index (χ4n) is 2.01. The minimum atomic E-state index is 0.362. The van der Waals surface area contributed by atoms with Gasteiger partial charge in [-0.05, 0) is 24.5 Å². The van der Waals surface area contributed by atoms with E-state index >= 15 is 0 Å². The van der Waals surface area contributed by atoms with E-state index in [-0.39, 0.29) is 0 Å². The molecule has 0 radical (unpaired) electrons. The molecule has 2 rings (SSSR count). The summed E-state index contributed by atoms with van der Waals surface area (Å²) in [6.45, 7) is 8.42. The normalized spacial score (nSPS) is 11.9. The van der Waals surface area contributed by atoms with Crippen LogP contribution in [-0.4, -0.2) is 24.2 Å². The Balaban J connectivity index is 1.87. The van der Waals surface area contributed by atoms with Crippen molar-refractivity contribution in [3.63, 3.8) is 0 Å². The molecule has 0 aromatic carbocycles. The predicted molar refractivity (Wildman–Crippen MR) is 90.4 cm³/mol. The van der Waals surface area contributed by atoms with E-state index in [1.54, 1.807) is 6.26 Å². The van der Waals surface area contributed by atoms with Gasteiger partial charge in [0.05, 0.1) is 12.0 Å². The Morgan fingerprint density at radius 2 is 2.09 bits per heavy atom.